The van der Waals surface area contributed by atoms with Crippen molar-refractivity contribution in [2.75, 3.05) is 0 Å². The van der Waals surface area contributed by atoms with Crippen molar-refractivity contribution in [2.45, 2.75) is 0 Å². The van der Waals surface area contributed by atoms with Gasteiger partial charge in [0.15, 0.2) is 0 Å². The van der Waals surface area contributed by atoms with E-state index in [9.17, 15) is 0 Å². The molecule has 0 amide bonds. The van der Waals surface area contributed by atoms with Crippen molar-refractivity contribution in [3.05, 3.63) is 134 Å². The van der Waals surface area contributed by atoms with E-state index in [0.29, 0.717) is 0 Å². The fourth-order valence-electron chi connectivity index (χ4n) is 7.80. The summed E-state index contributed by atoms with van der Waals surface area (Å²) in [5, 5.41) is 15.6. The molecule has 11 rings (SSSR count). The van der Waals surface area contributed by atoms with Gasteiger partial charge in [-0.25, -0.2) is 4.98 Å². The summed E-state index contributed by atoms with van der Waals surface area (Å²) in [6, 6.07) is 46.9. The minimum Gasteiger partial charge on any atom is -0.308 e. The number of para-hydroxylation sites is 1. The Morgan fingerprint density at radius 1 is 0.444 bits per heavy atom. The first-order chi connectivity index (χ1) is 22.3. The van der Waals surface area contributed by atoms with E-state index >= 15 is 0 Å². The van der Waals surface area contributed by atoms with Crippen LogP contribution in [-0.4, -0.2) is 9.55 Å². The normalized spacial score (nSPS) is 12.4. The zero-order chi connectivity index (χ0) is 29.2. The Morgan fingerprint density at radius 3 is 1.82 bits per heavy atom. The molecule has 0 atom stereocenters. The average Bonchev–Trinajstić information content (AvgIpc) is 3.78. The maximum absolute atomic E-state index is 4.87. The van der Waals surface area contributed by atoms with Crippen LogP contribution in [0.4, 0.5) is 0 Å². The van der Waals surface area contributed by atoms with Gasteiger partial charge in [0.1, 0.15) is 4.83 Å². The third-order valence-corrected chi connectivity index (χ3v) is 11.9. The highest BCUT2D eigenvalue weighted by molar-refractivity contribution is 7.29. The molecule has 0 saturated heterocycles. The molecule has 4 heteroatoms. The number of pyridine rings is 1. The van der Waals surface area contributed by atoms with Crippen molar-refractivity contribution >= 4 is 117 Å². The maximum Gasteiger partial charge on any atom is 0.124 e. The van der Waals surface area contributed by atoms with E-state index < -0.39 is 0 Å². The number of fused-ring (bicyclic) bond motifs is 18. The number of benzene rings is 7. The maximum atomic E-state index is 4.87. The molecule has 0 radical (unpaired) electrons. The van der Waals surface area contributed by atoms with Crippen LogP contribution in [0, 0.1) is 0 Å². The van der Waals surface area contributed by atoms with Crippen LogP contribution in [0.15, 0.2) is 134 Å². The summed E-state index contributed by atoms with van der Waals surface area (Å²) >= 11 is 3.74. The molecule has 2 nitrogen and oxygen atoms in total. The second kappa shape index (κ2) is 8.66. The summed E-state index contributed by atoms with van der Waals surface area (Å²) in [5.41, 5.74) is 3.69. The largest absolute Gasteiger partial charge is 0.308 e. The quantitative estimate of drug-likeness (QED) is 0.170. The van der Waals surface area contributed by atoms with Crippen molar-refractivity contribution in [1.29, 1.82) is 0 Å². The van der Waals surface area contributed by atoms with E-state index in [2.05, 4.69) is 132 Å². The van der Waals surface area contributed by atoms with Gasteiger partial charge >= 0.3 is 0 Å². The molecule has 0 aliphatic rings. The number of thiophene rings is 2. The van der Waals surface area contributed by atoms with Gasteiger partial charge in [-0.1, -0.05) is 91.0 Å². The molecule has 7 aromatic carbocycles. The monoisotopic (exact) mass is 606 g/mol. The Morgan fingerprint density at radius 2 is 1.04 bits per heavy atom. The third kappa shape index (κ3) is 3.05. The van der Waals surface area contributed by atoms with E-state index in [-0.39, 0.29) is 0 Å². The minimum absolute atomic E-state index is 1.09. The molecule has 0 aliphatic carbocycles. The zero-order valence-electron chi connectivity index (χ0n) is 23.9. The predicted octanol–water partition coefficient (Wildman–Crippen LogP) is 12.4. The van der Waals surface area contributed by atoms with Gasteiger partial charge in [-0.3, -0.25) is 0 Å². The molecule has 208 valence electrons. The van der Waals surface area contributed by atoms with E-state index in [4.69, 9.17) is 4.98 Å². The first kappa shape index (κ1) is 24.1. The van der Waals surface area contributed by atoms with Crippen molar-refractivity contribution in [2.24, 2.45) is 0 Å². The smallest absolute Gasteiger partial charge is 0.124 e. The summed E-state index contributed by atoms with van der Waals surface area (Å²) in [4.78, 5) is 5.96. The first-order valence-corrected chi connectivity index (χ1v) is 16.9. The summed E-state index contributed by atoms with van der Waals surface area (Å²) in [5.74, 6) is 0. The van der Waals surface area contributed by atoms with Gasteiger partial charge in [0.2, 0.25) is 0 Å². The Balaban J connectivity index is 1.39. The molecule has 45 heavy (non-hydrogen) atoms. The molecule has 0 aliphatic heterocycles. The highest BCUT2D eigenvalue weighted by atomic mass is 32.1. The predicted molar refractivity (Wildman–Crippen MR) is 197 cm³/mol. The molecule has 0 spiro atoms. The number of hydrogen-bond acceptors (Lipinski definition) is 3. The number of rotatable bonds is 1. The molecule has 0 unspecified atom stereocenters. The van der Waals surface area contributed by atoms with Gasteiger partial charge in [0.25, 0.3) is 0 Å². The standard InChI is InChI=1S/C41H22N2S2/c1-2-12-26-24(10-1)25-11-3-4-13-27(25)32-22-23(19-20-28(26)32)43-33-17-7-5-14-29(33)37-38(43)40-36(31-16-9-21-42-41(31)45-40)35-30-15-6-8-18-34(30)44-39(35)37/h1-22H. The molecule has 0 saturated carbocycles. The second-order valence-corrected chi connectivity index (χ2v) is 13.9. The molecule has 11 aromatic rings. The molecular weight excluding hydrogens is 585 g/mol. The number of hydrogen-bond donors (Lipinski definition) is 0. The Bertz CT molecular complexity index is 3010. The fourth-order valence-corrected chi connectivity index (χ4v) is 10.3. The molecule has 0 N–H and O–H groups in total. The van der Waals surface area contributed by atoms with Gasteiger partial charge in [0, 0.05) is 53.6 Å². The SMILES string of the molecule is c1ccc2c(c1)sc1c2c2c3cccnc3sc2c2c1c1ccccc1n2-c1ccc2c3ccccc3c3ccccc3c2c1. The van der Waals surface area contributed by atoms with Crippen molar-refractivity contribution in [3.63, 3.8) is 0 Å². The number of nitrogens with zero attached hydrogens (tertiary/aromatic N) is 2. The zero-order valence-corrected chi connectivity index (χ0v) is 25.5. The van der Waals surface area contributed by atoms with Crippen LogP contribution < -0.4 is 0 Å². The molecule has 4 aromatic heterocycles. The van der Waals surface area contributed by atoms with Crippen LogP contribution in [0.25, 0.3) is 100 Å². The van der Waals surface area contributed by atoms with Crippen molar-refractivity contribution < 1.29 is 0 Å². The van der Waals surface area contributed by atoms with E-state index in [1.807, 2.05) is 28.9 Å². The van der Waals surface area contributed by atoms with Crippen LogP contribution in [0.5, 0.6) is 0 Å². The van der Waals surface area contributed by atoms with Gasteiger partial charge < -0.3 is 4.57 Å². The topological polar surface area (TPSA) is 17.8 Å². The minimum atomic E-state index is 1.09. The fraction of sp³-hybridized carbons (Fsp3) is 0. The lowest BCUT2D eigenvalue weighted by atomic mass is 9.94. The lowest BCUT2D eigenvalue weighted by Crippen LogP contribution is -1.95. The first-order valence-electron chi connectivity index (χ1n) is 15.2. The lowest BCUT2D eigenvalue weighted by molar-refractivity contribution is 1.19. The lowest BCUT2D eigenvalue weighted by Gasteiger charge is -2.14. The average molecular weight is 607 g/mol. The summed E-state index contributed by atoms with van der Waals surface area (Å²) in [6.45, 7) is 0. The molecule has 0 bridgehead atoms. The van der Waals surface area contributed by atoms with Crippen LogP contribution in [0.3, 0.4) is 0 Å². The highest BCUT2D eigenvalue weighted by Crippen LogP contribution is 2.52. The Kier molecular flexibility index (Phi) is 4.64. The van der Waals surface area contributed by atoms with E-state index in [1.54, 1.807) is 0 Å². The van der Waals surface area contributed by atoms with Gasteiger partial charge in [-0.05, 0) is 68.7 Å². The summed E-state index contributed by atoms with van der Waals surface area (Å²) < 4.78 is 6.50. The summed E-state index contributed by atoms with van der Waals surface area (Å²) in [7, 11) is 0. The van der Waals surface area contributed by atoms with E-state index in [0.717, 1.165) is 4.83 Å². The number of aromatic nitrogens is 2. The molecule has 4 heterocycles. The van der Waals surface area contributed by atoms with Crippen LogP contribution in [-0.2, 0) is 0 Å². The van der Waals surface area contributed by atoms with Gasteiger partial charge in [0.05, 0.1) is 15.7 Å². The molecule has 0 fully saturated rings. The van der Waals surface area contributed by atoms with E-state index in [1.165, 1.54) is 95.5 Å². The van der Waals surface area contributed by atoms with Crippen LogP contribution in [0.2, 0.25) is 0 Å². The highest BCUT2D eigenvalue weighted by Gasteiger charge is 2.24. The second-order valence-electron chi connectivity index (χ2n) is 11.9. The Labute approximate surface area is 265 Å². The van der Waals surface area contributed by atoms with Crippen molar-refractivity contribution in [1.82, 2.24) is 9.55 Å². The third-order valence-electron chi connectivity index (χ3n) is 9.61. The summed E-state index contributed by atoms with van der Waals surface area (Å²) in [6.07, 6.45) is 1.92. The molecular formula is C41H22N2S2. The van der Waals surface area contributed by atoms with Gasteiger partial charge in [-0.15, -0.1) is 22.7 Å². The van der Waals surface area contributed by atoms with Crippen LogP contribution >= 0.6 is 22.7 Å². The van der Waals surface area contributed by atoms with Crippen LogP contribution in [0.1, 0.15) is 0 Å². The van der Waals surface area contributed by atoms with Gasteiger partial charge in [-0.2, -0.15) is 0 Å². The Hall–Kier alpha value is -5.29. The van der Waals surface area contributed by atoms with Crippen molar-refractivity contribution in [3.8, 4) is 5.69 Å².